The Morgan fingerprint density at radius 3 is 2.14 bits per heavy atom. The van der Waals surface area contributed by atoms with Crippen molar-refractivity contribution in [2.75, 3.05) is 6.61 Å². The Morgan fingerprint density at radius 1 is 1.05 bits per heavy atom. The molecule has 5 rings (SSSR count). The number of rotatable bonds is 2. The van der Waals surface area contributed by atoms with Crippen molar-refractivity contribution in [2.45, 2.75) is 31.2 Å². The second-order valence-corrected chi connectivity index (χ2v) is 6.00. The van der Waals surface area contributed by atoms with Crippen molar-refractivity contribution in [1.82, 2.24) is 5.32 Å². The molecule has 2 aromatic rings. The summed E-state index contributed by atoms with van der Waals surface area (Å²) in [6.07, 6.45) is 0.632. The Labute approximate surface area is 130 Å². The molecule has 0 aliphatic heterocycles. The van der Waals surface area contributed by atoms with Crippen molar-refractivity contribution in [1.29, 1.82) is 0 Å². The van der Waals surface area contributed by atoms with Crippen LogP contribution in [-0.4, -0.2) is 18.7 Å². The fraction of sp³-hybridized carbons (Fsp3) is 0.316. The summed E-state index contributed by atoms with van der Waals surface area (Å²) in [5.41, 5.74) is 5.51. The average Bonchev–Trinajstić information content (AvgIpc) is 2.55. The van der Waals surface area contributed by atoms with Gasteiger partial charge in [0, 0.05) is 17.9 Å². The number of ether oxygens (including phenoxy) is 1. The van der Waals surface area contributed by atoms with Gasteiger partial charge in [-0.25, -0.2) is 4.79 Å². The summed E-state index contributed by atoms with van der Waals surface area (Å²) in [6, 6.07) is 17.3. The van der Waals surface area contributed by atoms with Crippen molar-refractivity contribution < 1.29 is 9.53 Å². The van der Waals surface area contributed by atoms with Crippen molar-refractivity contribution in [3.05, 3.63) is 70.8 Å². The van der Waals surface area contributed by atoms with Gasteiger partial charge in [-0.2, -0.15) is 0 Å². The van der Waals surface area contributed by atoms with Gasteiger partial charge in [0.1, 0.15) is 0 Å². The first-order chi connectivity index (χ1) is 10.8. The Bertz CT molecular complexity index is 677. The van der Waals surface area contributed by atoms with Gasteiger partial charge in [0.05, 0.1) is 6.61 Å². The number of nitrogens with one attached hydrogen (secondary N) is 1. The summed E-state index contributed by atoms with van der Waals surface area (Å²) < 4.78 is 5.08. The summed E-state index contributed by atoms with van der Waals surface area (Å²) in [5, 5.41) is 3.07. The molecule has 0 spiro atoms. The zero-order valence-corrected chi connectivity index (χ0v) is 12.6. The topological polar surface area (TPSA) is 38.3 Å². The Balaban J connectivity index is 1.77. The second-order valence-electron chi connectivity index (χ2n) is 6.00. The molecule has 0 fully saturated rings. The molecule has 1 unspecified atom stereocenters. The molecule has 0 heterocycles. The smallest absolute Gasteiger partial charge is 0.407 e. The molecule has 0 radical (unpaired) electrons. The van der Waals surface area contributed by atoms with Crippen molar-refractivity contribution >= 4 is 6.09 Å². The van der Waals surface area contributed by atoms with E-state index in [1.54, 1.807) is 0 Å². The predicted molar refractivity (Wildman–Crippen MR) is 85.1 cm³/mol. The molecule has 112 valence electrons. The Hall–Kier alpha value is -2.29. The average molecular weight is 293 g/mol. The van der Waals surface area contributed by atoms with Crippen LogP contribution in [0.5, 0.6) is 0 Å². The molecular weight excluding hydrogens is 274 g/mol. The SMILES string of the molecule is CCOC(=O)NC1CC2c3ccccc3C1c1ccccc12. The largest absolute Gasteiger partial charge is 0.450 e. The van der Waals surface area contributed by atoms with E-state index in [0.29, 0.717) is 12.5 Å². The van der Waals surface area contributed by atoms with Crippen LogP contribution in [0.15, 0.2) is 48.5 Å². The quantitative estimate of drug-likeness (QED) is 0.915. The molecule has 1 atom stereocenters. The van der Waals surface area contributed by atoms with Crippen molar-refractivity contribution in [3.63, 3.8) is 0 Å². The molecule has 0 saturated carbocycles. The van der Waals surface area contributed by atoms with Crippen LogP contribution in [0.1, 0.15) is 47.4 Å². The highest BCUT2D eigenvalue weighted by Crippen LogP contribution is 2.52. The summed E-state index contributed by atoms with van der Waals surface area (Å²) in [4.78, 5) is 11.9. The number of hydrogen-bond donors (Lipinski definition) is 1. The lowest BCUT2D eigenvalue weighted by atomic mass is 9.61. The van der Waals surface area contributed by atoms with Gasteiger partial charge in [0.2, 0.25) is 0 Å². The van der Waals surface area contributed by atoms with E-state index in [-0.39, 0.29) is 18.1 Å². The minimum Gasteiger partial charge on any atom is -0.450 e. The number of fused-ring (bicyclic) bond motifs is 1. The monoisotopic (exact) mass is 293 g/mol. The molecule has 3 aliphatic rings. The molecule has 0 aromatic heterocycles. The zero-order valence-electron chi connectivity index (χ0n) is 12.6. The fourth-order valence-corrected chi connectivity index (χ4v) is 4.10. The molecular formula is C19H19NO2. The minimum atomic E-state index is -0.310. The van der Waals surface area contributed by atoms with E-state index in [9.17, 15) is 4.79 Å². The van der Waals surface area contributed by atoms with E-state index >= 15 is 0 Å². The minimum absolute atomic E-state index is 0.105. The number of carbonyl (C=O) groups is 1. The molecule has 0 saturated heterocycles. The molecule has 3 heteroatoms. The van der Waals surface area contributed by atoms with E-state index < -0.39 is 0 Å². The molecule has 2 bridgehead atoms. The lowest BCUT2D eigenvalue weighted by Gasteiger charge is -2.45. The van der Waals surface area contributed by atoms with Crippen molar-refractivity contribution in [3.8, 4) is 0 Å². The summed E-state index contributed by atoms with van der Waals surface area (Å²) in [5.74, 6) is 0.589. The summed E-state index contributed by atoms with van der Waals surface area (Å²) in [6.45, 7) is 2.23. The van der Waals surface area contributed by atoms with Crippen LogP contribution in [-0.2, 0) is 4.74 Å². The first-order valence-corrected chi connectivity index (χ1v) is 7.90. The van der Waals surface area contributed by atoms with Gasteiger partial charge < -0.3 is 10.1 Å². The zero-order chi connectivity index (χ0) is 15.1. The van der Waals surface area contributed by atoms with Crippen molar-refractivity contribution in [2.24, 2.45) is 0 Å². The van der Waals surface area contributed by atoms with E-state index in [0.717, 1.165) is 6.42 Å². The fourth-order valence-electron chi connectivity index (χ4n) is 4.10. The van der Waals surface area contributed by atoms with Gasteiger partial charge in [0.25, 0.3) is 0 Å². The standard InChI is InChI=1S/C19H19NO2/c1-2-22-19(21)20-17-11-16-12-7-3-5-9-14(12)18(17)15-10-6-4-8-13(15)16/h3-10,16-18H,2,11H2,1H3,(H,20,21). The van der Waals surface area contributed by atoms with E-state index in [2.05, 4.69) is 53.8 Å². The highest BCUT2D eigenvalue weighted by molar-refractivity contribution is 5.69. The van der Waals surface area contributed by atoms with Gasteiger partial charge in [0.15, 0.2) is 0 Å². The third kappa shape index (κ3) is 1.92. The maximum Gasteiger partial charge on any atom is 0.407 e. The van der Waals surface area contributed by atoms with E-state index in [4.69, 9.17) is 4.74 Å². The number of benzene rings is 2. The number of hydrogen-bond acceptors (Lipinski definition) is 2. The van der Waals surface area contributed by atoms with Crippen LogP contribution in [0.2, 0.25) is 0 Å². The number of alkyl carbamates (subject to hydrolysis) is 1. The van der Waals surface area contributed by atoms with Crippen LogP contribution in [0.4, 0.5) is 4.79 Å². The van der Waals surface area contributed by atoms with Gasteiger partial charge in [-0.05, 0) is 35.6 Å². The molecule has 3 nitrogen and oxygen atoms in total. The lowest BCUT2D eigenvalue weighted by Crippen LogP contribution is -2.46. The summed E-state index contributed by atoms with van der Waals surface area (Å²) in [7, 11) is 0. The molecule has 3 aliphatic carbocycles. The van der Waals surface area contributed by atoms with Gasteiger partial charge in [-0.15, -0.1) is 0 Å². The van der Waals surface area contributed by atoms with Crippen LogP contribution in [0.25, 0.3) is 0 Å². The van der Waals surface area contributed by atoms with E-state index in [1.165, 1.54) is 22.3 Å². The van der Waals surface area contributed by atoms with E-state index in [1.807, 2.05) is 6.92 Å². The molecule has 22 heavy (non-hydrogen) atoms. The van der Waals surface area contributed by atoms with Gasteiger partial charge in [-0.1, -0.05) is 48.5 Å². The third-order valence-electron chi connectivity index (χ3n) is 4.88. The van der Waals surface area contributed by atoms with Crippen LogP contribution in [0, 0.1) is 0 Å². The first kappa shape index (κ1) is 13.4. The molecule has 2 aromatic carbocycles. The number of carbonyl (C=O) groups excluding carboxylic acids is 1. The third-order valence-corrected chi connectivity index (χ3v) is 4.88. The lowest BCUT2D eigenvalue weighted by molar-refractivity contribution is 0.144. The number of amides is 1. The Kier molecular flexibility index (Phi) is 3.14. The normalized spacial score (nSPS) is 24.3. The second kappa shape index (κ2) is 5.16. The Morgan fingerprint density at radius 2 is 1.59 bits per heavy atom. The van der Waals surface area contributed by atoms with Gasteiger partial charge in [-0.3, -0.25) is 0 Å². The summed E-state index contributed by atoms with van der Waals surface area (Å²) >= 11 is 0. The maximum atomic E-state index is 11.9. The van der Waals surface area contributed by atoms with Crippen LogP contribution in [0.3, 0.4) is 0 Å². The highest BCUT2D eigenvalue weighted by atomic mass is 16.5. The van der Waals surface area contributed by atoms with Crippen LogP contribution < -0.4 is 5.32 Å². The van der Waals surface area contributed by atoms with Gasteiger partial charge >= 0.3 is 6.09 Å². The predicted octanol–water partition coefficient (Wildman–Crippen LogP) is 3.78. The highest BCUT2D eigenvalue weighted by Gasteiger charge is 2.43. The van der Waals surface area contributed by atoms with Crippen LogP contribution >= 0.6 is 0 Å². The first-order valence-electron chi connectivity index (χ1n) is 7.90. The molecule has 1 amide bonds. The molecule has 1 N–H and O–H groups in total. The maximum absolute atomic E-state index is 11.9.